The number of carbonyl (C=O) groups is 1. The number of hydrogen-bond donors (Lipinski definition) is 1. The maximum absolute atomic E-state index is 13.0. The summed E-state index contributed by atoms with van der Waals surface area (Å²) in [5.41, 5.74) is 6.79. The Kier molecular flexibility index (Phi) is 6.84. The third-order valence-corrected chi connectivity index (χ3v) is 5.33. The highest BCUT2D eigenvalue weighted by atomic mass is 16.5. The maximum Gasteiger partial charge on any atom is 0.239 e. The molecule has 0 spiro atoms. The largest absolute Gasteiger partial charge is 0.378 e. The van der Waals surface area contributed by atoms with Gasteiger partial charge in [0.25, 0.3) is 0 Å². The first-order valence-electron chi connectivity index (χ1n) is 9.66. The molecular weight excluding hydrogens is 314 g/mol. The average Bonchev–Trinajstić information content (AvgIpc) is 3.11. The van der Waals surface area contributed by atoms with Gasteiger partial charge in [-0.25, -0.2) is 0 Å². The van der Waals surface area contributed by atoms with Gasteiger partial charge in [-0.05, 0) is 50.8 Å². The summed E-state index contributed by atoms with van der Waals surface area (Å²) in [6, 6.07) is 10.5. The Morgan fingerprint density at radius 1 is 1.12 bits per heavy atom. The number of ether oxygens (including phenoxy) is 1. The van der Waals surface area contributed by atoms with Crippen LogP contribution in [0.5, 0.6) is 0 Å². The minimum atomic E-state index is 0.0508. The van der Waals surface area contributed by atoms with Crippen molar-refractivity contribution in [3.63, 3.8) is 0 Å². The van der Waals surface area contributed by atoms with Crippen LogP contribution in [0.25, 0.3) is 0 Å². The average molecular weight is 345 g/mol. The third kappa shape index (κ3) is 5.03. The van der Waals surface area contributed by atoms with E-state index in [1.54, 1.807) is 0 Å². The van der Waals surface area contributed by atoms with E-state index in [4.69, 9.17) is 10.5 Å². The molecule has 138 valence electrons. The van der Waals surface area contributed by atoms with E-state index in [-0.39, 0.29) is 6.04 Å². The Morgan fingerprint density at radius 3 is 2.60 bits per heavy atom. The van der Waals surface area contributed by atoms with Crippen molar-refractivity contribution in [1.82, 2.24) is 9.80 Å². The predicted octanol–water partition coefficient (Wildman–Crippen LogP) is 2.01. The summed E-state index contributed by atoms with van der Waals surface area (Å²) in [4.78, 5) is 17.4. The van der Waals surface area contributed by atoms with E-state index in [1.807, 2.05) is 6.07 Å². The molecule has 2 fully saturated rings. The van der Waals surface area contributed by atoms with Crippen molar-refractivity contribution in [2.24, 2.45) is 5.73 Å². The number of piperidine rings is 1. The molecule has 2 aliphatic heterocycles. The first-order chi connectivity index (χ1) is 12.3. The van der Waals surface area contributed by atoms with Gasteiger partial charge in [0.15, 0.2) is 0 Å². The van der Waals surface area contributed by atoms with Crippen molar-refractivity contribution in [3.05, 3.63) is 35.9 Å². The predicted molar refractivity (Wildman–Crippen MR) is 99.1 cm³/mol. The highest BCUT2D eigenvalue weighted by molar-refractivity contribution is 5.82. The summed E-state index contributed by atoms with van der Waals surface area (Å²) in [5.74, 6) is 0.314. The van der Waals surface area contributed by atoms with Gasteiger partial charge in [-0.2, -0.15) is 0 Å². The zero-order valence-corrected chi connectivity index (χ0v) is 15.1. The number of likely N-dealkylation sites (tertiary alicyclic amines) is 2. The van der Waals surface area contributed by atoms with E-state index in [1.165, 1.54) is 5.56 Å². The first-order valence-corrected chi connectivity index (χ1v) is 9.66. The minimum absolute atomic E-state index is 0.0508. The second-order valence-electron chi connectivity index (χ2n) is 7.15. The molecule has 0 radical (unpaired) electrons. The van der Waals surface area contributed by atoms with Gasteiger partial charge in [0.05, 0.1) is 12.1 Å². The first kappa shape index (κ1) is 18.4. The summed E-state index contributed by atoms with van der Waals surface area (Å²) in [7, 11) is 0. The molecule has 1 aromatic rings. The van der Waals surface area contributed by atoms with Crippen LogP contribution in [-0.2, 0) is 16.1 Å². The number of hydrogen-bond acceptors (Lipinski definition) is 4. The van der Waals surface area contributed by atoms with Crippen LogP contribution in [0.1, 0.15) is 37.7 Å². The second kappa shape index (κ2) is 9.32. The minimum Gasteiger partial charge on any atom is -0.378 e. The molecular formula is C20H31N3O2. The number of carbonyl (C=O) groups excluding carboxylic acids is 1. The van der Waals surface area contributed by atoms with E-state index < -0.39 is 0 Å². The highest BCUT2D eigenvalue weighted by Crippen LogP contribution is 2.24. The molecule has 5 nitrogen and oxygen atoms in total. The van der Waals surface area contributed by atoms with Gasteiger partial charge in [-0.3, -0.25) is 9.69 Å². The number of nitrogens with two attached hydrogens (primary N) is 1. The molecule has 0 aromatic heterocycles. The summed E-state index contributed by atoms with van der Waals surface area (Å²) < 4.78 is 5.85. The molecule has 1 unspecified atom stereocenters. The number of amides is 1. The molecule has 1 atom stereocenters. The van der Waals surface area contributed by atoms with Crippen LogP contribution in [0.15, 0.2) is 30.3 Å². The van der Waals surface area contributed by atoms with Crippen LogP contribution in [0, 0.1) is 0 Å². The molecule has 0 saturated carbocycles. The fraction of sp³-hybridized carbons (Fsp3) is 0.650. The van der Waals surface area contributed by atoms with Gasteiger partial charge in [-0.15, -0.1) is 0 Å². The lowest BCUT2D eigenvalue weighted by molar-refractivity contribution is -0.138. The van der Waals surface area contributed by atoms with Crippen LogP contribution in [0.3, 0.4) is 0 Å². The lowest BCUT2D eigenvalue weighted by atomic mass is 10.1. The summed E-state index contributed by atoms with van der Waals surface area (Å²) in [5, 5.41) is 0. The molecule has 3 rings (SSSR count). The van der Waals surface area contributed by atoms with Gasteiger partial charge in [-0.1, -0.05) is 30.3 Å². The number of rotatable bonds is 7. The van der Waals surface area contributed by atoms with Crippen LogP contribution < -0.4 is 5.73 Å². The van der Waals surface area contributed by atoms with Crippen molar-refractivity contribution in [2.45, 2.75) is 50.8 Å². The van der Waals surface area contributed by atoms with Crippen molar-refractivity contribution < 1.29 is 9.53 Å². The van der Waals surface area contributed by atoms with Gasteiger partial charge in [0, 0.05) is 26.2 Å². The Hall–Kier alpha value is -1.43. The zero-order valence-electron chi connectivity index (χ0n) is 15.1. The van der Waals surface area contributed by atoms with Gasteiger partial charge in [0.2, 0.25) is 5.91 Å². The molecule has 25 heavy (non-hydrogen) atoms. The Bertz CT molecular complexity index is 529. The summed E-state index contributed by atoms with van der Waals surface area (Å²) >= 11 is 0. The Labute approximate surface area is 151 Å². The lowest BCUT2D eigenvalue weighted by Crippen LogP contribution is -2.49. The van der Waals surface area contributed by atoms with Crippen molar-refractivity contribution in [2.75, 3.05) is 32.8 Å². The van der Waals surface area contributed by atoms with Gasteiger partial charge >= 0.3 is 0 Å². The van der Waals surface area contributed by atoms with E-state index in [0.29, 0.717) is 18.6 Å². The lowest BCUT2D eigenvalue weighted by Gasteiger charge is -2.35. The Morgan fingerprint density at radius 2 is 1.88 bits per heavy atom. The fourth-order valence-corrected chi connectivity index (χ4v) is 3.90. The summed E-state index contributed by atoms with van der Waals surface area (Å²) in [6.45, 7) is 4.95. The molecule has 2 saturated heterocycles. The molecule has 5 heteroatoms. The normalized spacial score (nSPS) is 22.4. The van der Waals surface area contributed by atoms with Crippen LogP contribution in [-0.4, -0.2) is 60.6 Å². The molecule has 1 amide bonds. The molecule has 2 aliphatic rings. The second-order valence-corrected chi connectivity index (χ2v) is 7.15. The number of benzene rings is 1. The molecule has 0 aliphatic carbocycles. The maximum atomic E-state index is 13.0. The quantitative estimate of drug-likeness (QED) is 0.768. The molecule has 2 heterocycles. The Balaban J connectivity index is 1.49. The highest BCUT2D eigenvalue weighted by Gasteiger charge is 2.35. The monoisotopic (exact) mass is 345 g/mol. The van der Waals surface area contributed by atoms with E-state index in [9.17, 15) is 4.79 Å². The zero-order chi connectivity index (χ0) is 17.5. The fourth-order valence-electron chi connectivity index (χ4n) is 3.90. The number of nitrogens with zero attached hydrogens (tertiary/aromatic N) is 2. The SMILES string of the molecule is NCCCOC1CCN(C(=O)C2CCCN2Cc2ccccc2)CC1. The van der Waals surface area contributed by atoms with E-state index in [2.05, 4.69) is 34.1 Å². The van der Waals surface area contributed by atoms with Crippen LogP contribution >= 0.6 is 0 Å². The van der Waals surface area contributed by atoms with Crippen molar-refractivity contribution in [3.8, 4) is 0 Å². The molecule has 0 bridgehead atoms. The van der Waals surface area contributed by atoms with E-state index in [0.717, 1.165) is 64.9 Å². The van der Waals surface area contributed by atoms with Crippen LogP contribution in [0.2, 0.25) is 0 Å². The summed E-state index contributed by atoms with van der Waals surface area (Å²) in [6.07, 6.45) is 5.19. The van der Waals surface area contributed by atoms with Crippen molar-refractivity contribution >= 4 is 5.91 Å². The van der Waals surface area contributed by atoms with Gasteiger partial charge in [0.1, 0.15) is 0 Å². The molecule has 2 N–H and O–H groups in total. The van der Waals surface area contributed by atoms with E-state index >= 15 is 0 Å². The van der Waals surface area contributed by atoms with Gasteiger partial charge < -0.3 is 15.4 Å². The topological polar surface area (TPSA) is 58.8 Å². The molecule has 1 aromatic carbocycles. The standard InChI is InChI=1S/C20H31N3O2/c21-11-5-15-25-18-9-13-22(14-10-18)20(24)19-8-4-12-23(19)16-17-6-2-1-3-7-17/h1-3,6-7,18-19H,4-5,8-16,21H2. The van der Waals surface area contributed by atoms with Crippen molar-refractivity contribution in [1.29, 1.82) is 0 Å². The smallest absolute Gasteiger partial charge is 0.239 e. The third-order valence-electron chi connectivity index (χ3n) is 5.33. The van der Waals surface area contributed by atoms with Crippen LogP contribution in [0.4, 0.5) is 0 Å².